The third kappa shape index (κ3) is 4.08. The number of nitrogens with one attached hydrogen (secondary N) is 1. The van der Waals surface area contributed by atoms with E-state index in [2.05, 4.69) is 29.6 Å². The van der Waals surface area contributed by atoms with Gasteiger partial charge in [0, 0.05) is 24.2 Å². The van der Waals surface area contributed by atoms with Crippen LogP contribution in [0.3, 0.4) is 0 Å². The Balaban J connectivity index is 1.66. The quantitative estimate of drug-likeness (QED) is 0.890. The topological polar surface area (TPSA) is 49.4 Å². The molecule has 4 nitrogen and oxygen atoms in total. The Labute approximate surface area is 148 Å². The van der Waals surface area contributed by atoms with Crippen molar-refractivity contribution in [3.05, 3.63) is 65.2 Å². The molecular formula is C21H24N2O2. The van der Waals surface area contributed by atoms with E-state index in [0.717, 1.165) is 24.1 Å². The first kappa shape index (κ1) is 17.2. The molecule has 2 aromatic rings. The smallest absolute Gasteiger partial charge is 0.254 e. The summed E-state index contributed by atoms with van der Waals surface area (Å²) < 4.78 is 0. The lowest BCUT2D eigenvalue weighted by molar-refractivity contribution is -0.117. The van der Waals surface area contributed by atoms with Crippen LogP contribution in [0.1, 0.15) is 47.3 Å². The number of benzene rings is 2. The highest BCUT2D eigenvalue weighted by Crippen LogP contribution is 2.30. The highest BCUT2D eigenvalue weighted by molar-refractivity contribution is 5.96. The molecule has 4 heteroatoms. The first-order valence-electron chi connectivity index (χ1n) is 8.70. The number of nitrogens with zero attached hydrogens (tertiary/aromatic N) is 1. The Morgan fingerprint density at radius 1 is 1.04 bits per heavy atom. The van der Waals surface area contributed by atoms with Crippen molar-refractivity contribution in [2.75, 3.05) is 12.4 Å². The number of anilines is 1. The molecule has 0 spiro atoms. The van der Waals surface area contributed by atoms with Gasteiger partial charge in [-0.1, -0.05) is 29.8 Å². The predicted octanol–water partition coefficient (Wildman–Crippen LogP) is 4.18. The van der Waals surface area contributed by atoms with Gasteiger partial charge in [-0.15, -0.1) is 0 Å². The minimum absolute atomic E-state index is 0.0117. The van der Waals surface area contributed by atoms with Crippen molar-refractivity contribution in [3.8, 4) is 0 Å². The third-order valence-corrected chi connectivity index (χ3v) is 4.81. The van der Waals surface area contributed by atoms with Gasteiger partial charge in [-0.3, -0.25) is 9.59 Å². The molecule has 1 saturated carbocycles. The van der Waals surface area contributed by atoms with Gasteiger partial charge in [0.1, 0.15) is 0 Å². The van der Waals surface area contributed by atoms with E-state index >= 15 is 0 Å². The Kier molecular flexibility index (Phi) is 4.88. The molecule has 1 unspecified atom stereocenters. The van der Waals surface area contributed by atoms with Crippen molar-refractivity contribution in [3.63, 3.8) is 0 Å². The zero-order chi connectivity index (χ0) is 18.0. The Morgan fingerprint density at radius 3 is 2.20 bits per heavy atom. The van der Waals surface area contributed by atoms with Gasteiger partial charge in [-0.2, -0.15) is 0 Å². The standard InChI is InChI=1S/C21H24N2O2/c1-14-4-6-16(7-5-14)15(2)23(3)21(25)18-10-12-19(13-11-18)22-20(24)17-8-9-17/h4-7,10-13,15,17H,8-9H2,1-3H3,(H,22,24). The number of aryl methyl sites for hydroxylation is 1. The molecule has 0 heterocycles. The molecule has 1 N–H and O–H groups in total. The van der Waals surface area contributed by atoms with E-state index in [4.69, 9.17) is 0 Å². The molecule has 25 heavy (non-hydrogen) atoms. The molecule has 1 aliphatic carbocycles. The van der Waals surface area contributed by atoms with E-state index in [9.17, 15) is 9.59 Å². The first-order chi connectivity index (χ1) is 12.0. The summed E-state index contributed by atoms with van der Waals surface area (Å²) in [7, 11) is 1.82. The lowest BCUT2D eigenvalue weighted by atomic mass is 10.0. The van der Waals surface area contributed by atoms with Crippen LogP contribution in [0, 0.1) is 12.8 Å². The summed E-state index contributed by atoms with van der Waals surface area (Å²) >= 11 is 0. The molecule has 0 radical (unpaired) electrons. The molecule has 3 rings (SSSR count). The van der Waals surface area contributed by atoms with Gasteiger partial charge >= 0.3 is 0 Å². The van der Waals surface area contributed by atoms with Crippen LogP contribution in [0.25, 0.3) is 0 Å². The lowest BCUT2D eigenvalue weighted by Gasteiger charge is -2.25. The second-order valence-corrected chi connectivity index (χ2v) is 6.84. The number of hydrogen-bond donors (Lipinski definition) is 1. The van der Waals surface area contributed by atoms with Crippen LogP contribution in [-0.4, -0.2) is 23.8 Å². The Morgan fingerprint density at radius 2 is 1.64 bits per heavy atom. The molecule has 1 aliphatic rings. The predicted molar refractivity (Wildman–Crippen MR) is 99.5 cm³/mol. The van der Waals surface area contributed by atoms with E-state index < -0.39 is 0 Å². The Bertz CT molecular complexity index is 761. The van der Waals surface area contributed by atoms with Gasteiger partial charge in [0.05, 0.1) is 6.04 Å². The van der Waals surface area contributed by atoms with Gasteiger partial charge in [0.15, 0.2) is 0 Å². The third-order valence-electron chi connectivity index (χ3n) is 4.81. The van der Waals surface area contributed by atoms with E-state index in [1.165, 1.54) is 5.56 Å². The minimum Gasteiger partial charge on any atom is -0.335 e. The summed E-state index contributed by atoms with van der Waals surface area (Å²) in [5.41, 5.74) is 3.66. The van der Waals surface area contributed by atoms with Crippen molar-refractivity contribution >= 4 is 17.5 Å². The van der Waals surface area contributed by atoms with Crippen LogP contribution in [0.4, 0.5) is 5.69 Å². The summed E-state index contributed by atoms with van der Waals surface area (Å²) in [5, 5.41) is 2.89. The zero-order valence-electron chi connectivity index (χ0n) is 15.0. The van der Waals surface area contributed by atoms with Crippen LogP contribution in [0.15, 0.2) is 48.5 Å². The van der Waals surface area contributed by atoms with Gasteiger partial charge in [0.2, 0.25) is 5.91 Å². The highest BCUT2D eigenvalue weighted by Gasteiger charge is 2.29. The number of rotatable bonds is 5. The monoisotopic (exact) mass is 336 g/mol. The second-order valence-electron chi connectivity index (χ2n) is 6.84. The molecule has 1 fully saturated rings. The van der Waals surface area contributed by atoms with Gasteiger partial charge < -0.3 is 10.2 Å². The van der Waals surface area contributed by atoms with Crippen LogP contribution in [0.5, 0.6) is 0 Å². The van der Waals surface area contributed by atoms with Gasteiger partial charge in [-0.05, 0) is 56.5 Å². The van der Waals surface area contributed by atoms with E-state index in [0.29, 0.717) is 5.56 Å². The molecular weight excluding hydrogens is 312 g/mol. The summed E-state index contributed by atoms with van der Waals surface area (Å²) in [4.78, 5) is 26.2. The van der Waals surface area contributed by atoms with Gasteiger partial charge in [0.25, 0.3) is 5.91 Å². The second kappa shape index (κ2) is 7.09. The van der Waals surface area contributed by atoms with Gasteiger partial charge in [-0.25, -0.2) is 0 Å². The normalized spacial score (nSPS) is 14.7. The van der Waals surface area contributed by atoms with Crippen molar-refractivity contribution in [2.45, 2.75) is 32.7 Å². The summed E-state index contributed by atoms with van der Waals surface area (Å²) in [6.45, 7) is 4.07. The maximum absolute atomic E-state index is 12.7. The number of carbonyl (C=O) groups excluding carboxylic acids is 2. The molecule has 2 amide bonds. The van der Waals surface area contributed by atoms with Crippen LogP contribution in [0.2, 0.25) is 0 Å². The van der Waals surface area contributed by atoms with E-state index in [1.54, 1.807) is 29.2 Å². The number of carbonyl (C=O) groups is 2. The van der Waals surface area contributed by atoms with Crippen molar-refractivity contribution < 1.29 is 9.59 Å². The van der Waals surface area contributed by atoms with Crippen LogP contribution in [-0.2, 0) is 4.79 Å². The maximum Gasteiger partial charge on any atom is 0.254 e. The molecule has 0 bridgehead atoms. The van der Waals surface area contributed by atoms with Crippen molar-refractivity contribution in [1.29, 1.82) is 0 Å². The largest absolute Gasteiger partial charge is 0.335 e. The fourth-order valence-corrected chi connectivity index (χ4v) is 2.73. The molecule has 2 aromatic carbocycles. The lowest BCUT2D eigenvalue weighted by Crippen LogP contribution is -2.29. The molecule has 0 aliphatic heterocycles. The first-order valence-corrected chi connectivity index (χ1v) is 8.70. The molecule has 1 atom stereocenters. The average molecular weight is 336 g/mol. The highest BCUT2D eigenvalue weighted by atomic mass is 16.2. The minimum atomic E-state index is -0.0341. The SMILES string of the molecule is Cc1ccc(C(C)N(C)C(=O)c2ccc(NC(=O)C3CC3)cc2)cc1. The van der Waals surface area contributed by atoms with E-state index in [-0.39, 0.29) is 23.8 Å². The van der Waals surface area contributed by atoms with Crippen LogP contribution < -0.4 is 5.32 Å². The number of hydrogen-bond acceptors (Lipinski definition) is 2. The summed E-state index contributed by atoms with van der Waals surface area (Å²) in [6, 6.07) is 15.3. The molecule has 130 valence electrons. The Hall–Kier alpha value is -2.62. The maximum atomic E-state index is 12.7. The fraction of sp³-hybridized carbons (Fsp3) is 0.333. The molecule has 0 saturated heterocycles. The average Bonchev–Trinajstić information content (AvgIpc) is 3.46. The summed E-state index contributed by atoms with van der Waals surface area (Å²) in [6.07, 6.45) is 1.95. The summed E-state index contributed by atoms with van der Waals surface area (Å²) in [5.74, 6) is 0.208. The van der Waals surface area contributed by atoms with Crippen molar-refractivity contribution in [2.24, 2.45) is 5.92 Å². The number of amides is 2. The molecule has 0 aromatic heterocycles. The van der Waals surface area contributed by atoms with E-state index in [1.807, 2.05) is 20.9 Å². The fourth-order valence-electron chi connectivity index (χ4n) is 2.73. The van der Waals surface area contributed by atoms with Crippen LogP contribution >= 0.6 is 0 Å². The van der Waals surface area contributed by atoms with Crippen molar-refractivity contribution in [1.82, 2.24) is 4.90 Å². The zero-order valence-corrected chi connectivity index (χ0v) is 15.0.